The lowest BCUT2D eigenvalue weighted by molar-refractivity contribution is -0.222. The largest absolute Gasteiger partial charge is 0.0776 e. The van der Waals surface area contributed by atoms with Gasteiger partial charge in [-0.05, 0) is 88.8 Å². The van der Waals surface area contributed by atoms with Gasteiger partial charge in [0.25, 0.3) is 0 Å². The van der Waals surface area contributed by atoms with Gasteiger partial charge in [0.15, 0.2) is 0 Å². The van der Waals surface area contributed by atoms with Crippen LogP contribution in [0.1, 0.15) is 241 Å². The van der Waals surface area contributed by atoms with Gasteiger partial charge < -0.3 is 0 Å². The molecular formula is C46H96. The van der Waals surface area contributed by atoms with Crippen LogP contribution in [0.15, 0.2) is 0 Å². The standard InChI is InChI=1S/C45H92.CH4/c1-18-24-30-37(9)41(13,31-25-19-2)43(15,33-27-21-4)45(17,35-29-23-6)44(16,34-28-22-5)42(14,32-26-20-3)40(12)39(11)38(10)36(7)8;/h36-40H,18-35H2,1-17H3;1H4. The molecule has 46 heavy (non-hydrogen) atoms. The first-order valence-corrected chi connectivity index (χ1v) is 21.0. The second kappa shape index (κ2) is 22.0. The average Bonchev–Trinajstić information content (AvgIpc) is 3.03. The van der Waals surface area contributed by atoms with Crippen molar-refractivity contribution in [3.05, 3.63) is 0 Å². The van der Waals surface area contributed by atoms with Crippen LogP contribution in [-0.4, -0.2) is 0 Å². The summed E-state index contributed by atoms with van der Waals surface area (Å²) in [6.07, 6.45) is 24.4. The van der Waals surface area contributed by atoms with Crippen LogP contribution in [0.2, 0.25) is 0 Å². The van der Waals surface area contributed by atoms with Gasteiger partial charge in [-0.15, -0.1) is 0 Å². The first kappa shape index (κ1) is 48.1. The van der Waals surface area contributed by atoms with Gasteiger partial charge in [-0.25, -0.2) is 0 Å². The van der Waals surface area contributed by atoms with Gasteiger partial charge in [0.1, 0.15) is 0 Å². The van der Waals surface area contributed by atoms with Crippen LogP contribution in [-0.2, 0) is 0 Å². The number of hydrogen-bond acceptors (Lipinski definition) is 0. The van der Waals surface area contributed by atoms with Crippen LogP contribution in [0.5, 0.6) is 0 Å². The van der Waals surface area contributed by atoms with Crippen molar-refractivity contribution >= 4 is 0 Å². The van der Waals surface area contributed by atoms with Crippen molar-refractivity contribution in [2.75, 3.05) is 0 Å². The van der Waals surface area contributed by atoms with Crippen LogP contribution in [0, 0.1) is 56.7 Å². The molecule has 0 aromatic rings. The molecule has 0 aliphatic carbocycles. The molecule has 9 unspecified atom stereocenters. The van der Waals surface area contributed by atoms with Crippen LogP contribution in [0.4, 0.5) is 0 Å². The minimum absolute atomic E-state index is 0. The predicted molar refractivity (Wildman–Crippen MR) is 216 cm³/mol. The van der Waals surface area contributed by atoms with Gasteiger partial charge in [-0.2, -0.15) is 0 Å². The van der Waals surface area contributed by atoms with Gasteiger partial charge in [-0.3, -0.25) is 0 Å². The Bertz CT molecular complexity index is 751. The summed E-state index contributed by atoms with van der Waals surface area (Å²) in [5.74, 6) is 3.65. The molecule has 280 valence electrons. The van der Waals surface area contributed by atoms with Gasteiger partial charge >= 0.3 is 0 Å². The summed E-state index contributed by atoms with van der Waals surface area (Å²) in [5, 5.41) is 0. The Kier molecular flexibility index (Phi) is 23.0. The molecular weight excluding hydrogens is 553 g/mol. The third-order valence-electron chi connectivity index (χ3n) is 15.9. The van der Waals surface area contributed by atoms with Gasteiger partial charge in [0.05, 0.1) is 0 Å². The molecule has 0 aliphatic heterocycles. The first-order valence-electron chi connectivity index (χ1n) is 21.0. The number of unbranched alkanes of at least 4 members (excludes halogenated alkanes) is 6. The molecule has 0 spiro atoms. The van der Waals surface area contributed by atoms with E-state index in [0.29, 0.717) is 11.3 Å². The first-order chi connectivity index (χ1) is 21.0. The Labute approximate surface area is 296 Å². The predicted octanol–water partition coefficient (Wildman–Crippen LogP) is 17.0. The van der Waals surface area contributed by atoms with E-state index in [0.717, 1.165) is 23.7 Å². The Morgan fingerprint density at radius 3 is 1.09 bits per heavy atom. The maximum absolute atomic E-state index is 2.90. The molecule has 0 aromatic carbocycles. The molecule has 0 aromatic heterocycles. The topological polar surface area (TPSA) is 0 Å². The lowest BCUT2D eigenvalue weighted by atomic mass is 9.34. The average molecular weight is 649 g/mol. The number of rotatable bonds is 27. The highest BCUT2D eigenvalue weighted by Gasteiger charge is 2.66. The highest BCUT2D eigenvalue weighted by atomic mass is 14.7. The Balaban J connectivity index is 0. The molecule has 0 saturated heterocycles. The van der Waals surface area contributed by atoms with E-state index in [1.54, 1.807) is 0 Å². The van der Waals surface area contributed by atoms with Crippen molar-refractivity contribution in [3.8, 4) is 0 Å². The maximum Gasteiger partial charge on any atom is -0.0207 e. The quantitative estimate of drug-likeness (QED) is 0.0831. The molecule has 0 radical (unpaired) electrons. The lowest BCUT2D eigenvalue weighted by Crippen LogP contribution is -2.64. The van der Waals surface area contributed by atoms with E-state index in [4.69, 9.17) is 0 Å². The third kappa shape index (κ3) is 10.3. The van der Waals surface area contributed by atoms with Crippen molar-refractivity contribution in [1.29, 1.82) is 0 Å². The zero-order valence-corrected chi connectivity index (χ0v) is 35.1. The smallest absolute Gasteiger partial charge is 0.0207 e. The molecule has 0 bridgehead atoms. The highest BCUT2D eigenvalue weighted by Crippen LogP contribution is 2.74. The summed E-state index contributed by atoms with van der Waals surface area (Å²) in [7, 11) is 0. The zero-order valence-electron chi connectivity index (χ0n) is 35.1. The van der Waals surface area contributed by atoms with Gasteiger partial charge in [0, 0.05) is 0 Å². The van der Waals surface area contributed by atoms with E-state index in [1.807, 2.05) is 0 Å². The fourth-order valence-corrected chi connectivity index (χ4v) is 10.8. The van der Waals surface area contributed by atoms with Crippen LogP contribution in [0.3, 0.4) is 0 Å². The Hall–Kier alpha value is 0. The molecule has 0 N–H and O–H groups in total. The molecule has 0 nitrogen and oxygen atoms in total. The van der Waals surface area contributed by atoms with Crippen LogP contribution >= 0.6 is 0 Å². The molecule has 0 heterocycles. The second-order valence-electron chi connectivity index (χ2n) is 18.1. The normalized spacial score (nSPS) is 21.5. The van der Waals surface area contributed by atoms with E-state index in [1.165, 1.54) is 116 Å². The second-order valence-corrected chi connectivity index (χ2v) is 18.1. The molecule has 0 aliphatic rings. The summed E-state index contributed by atoms with van der Waals surface area (Å²) in [6.45, 7) is 44.5. The lowest BCUT2D eigenvalue weighted by Gasteiger charge is -2.70. The van der Waals surface area contributed by atoms with E-state index in [-0.39, 0.29) is 29.1 Å². The van der Waals surface area contributed by atoms with E-state index >= 15 is 0 Å². The summed E-state index contributed by atoms with van der Waals surface area (Å²) in [4.78, 5) is 0. The third-order valence-corrected chi connectivity index (χ3v) is 15.9. The Morgan fingerprint density at radius 2 is 0.717 bits per heavy atom. The highest BCUT2D eigenvalue weighted by molar-refractivity contribution is 5.15. The molecule has 0 amide bonds. The Morgan fingerprint density at radius 1 is 0.391 bits per heavy atom. The van der Waals surface area contributed by atoms with E-state index in [2.05, 4.69) is 118 Å². The van der Waals surface area contributed by atoms with E-state index in [9.17, 15) is 0 Å². The molecule has 0 heteroatoms. The summed E-state index contributed by atoms with van der Waals surface area (Å²) in [5.41, 5.74) is 1.40. The monoisotopic (exact) mass is 649 g/mol. The minimum Gasteiger partial charge on any atom is -0.0776 e. The number of hydrogen-bond donors (Lipinski definition) is 0. The van der Waals surface area contributed by atoms with Crippen molar-refractivity contribution < 1.29 is 0 Å². The molecule has 0 saturated carbocycles. The van der Waals surface area contributed by atoms with Crippen molar-refractivity contribution in [2.24, 2.45) is 56.7 Å². The molecule has 9 atom stereocenters. The van der Waals surface area contributed by atoms with Crippen molar-refractivity contribution in [3.63, 3.8) is 0 Å². The van der Waals surface area contributed by atoms with Gasteiger partial charge in [-0.1, -0.05) is 209 Å². The van der Waals surface area contributed by atoms with Crippen LogP contribution < -0.4 is 0 Å². The van der Waals surface area contributed by atoms with Crippen molar-refractivity contribution in [1.82, 2.24) is 0 Å². The molecule has 0 fully saturated rings. The molecule has 0 rings (SSSR count). The van der Waals surface area contributed by atoms with E-state index < -0.39 is 0 Å². The minimum atomic E-state index is 0. The summed E-state index contributed by atoms with van der Waals surface area (Å²) >= 11 is 0. The maximum atomic E-state index is 2.90. The van der Waals surface area contributed by atoms with Gasteiger partial charge in [0.2, 0.25) is 0 Å². The fraction of sp³-hybridized carbons (Fsp3) is 1.00. The fourth-order valence-electron chi connectivity index (χ4n) is 10.8. The van der Waals surface area contributed by atoms with Crippen molar-refractivity contribution in [2.45, 2.75) is 241 Å². The zero-order chi connectivity index (χ0) is 35.1. The summed E-state index contributed by atoms with van der Waals surface area (Å²) in [6, 6.07) is 0. The SMILES string of the molecule is C.CCCCC(C)C(C)(CCCC)C(C)(CCCC)C(C)(CCCC)C(C)(CCCC)C(C)(CCCC)C(C)C(C)C(C)C(C)C. The summed E-state index contributed by atoms with van der Waals surface area (Å²) < 4.78 is 0. The van der Waals surface area contributed by atoms with Crippen LogP contribution in [0.25, 0.3) is 0 Å².